The number of benzene rings is 1. The van der Waals surface area contributed by atoms with Crippen molar-refractivity contribution in [1.29, 1.82) is 0 Å². The van der Waals surface area contributed by atoms with Crippen LogP contribution in [0.15, 0.2) is 36.5 Å². The average molecular weight is 284 g/mol. The van der Waals surface area contributed by atoms with Crippen LogP contribution in [-0.4, -0.2) is 34.3 Å². The Labute approximate surface area is 126 Å². The van der Waals surface area contributed by atoms with Gasteiger partial charge in [0.05, 0.1) is 11.4 Å². The summed E-state index contributed by atoms with van der Waals surface area (Å²) in [5.74, 6) is 0. The van der Waals surface area contributed by atoms with Crippen molar-refractivity contribution < 1.29 is 0 Å². The minimum atomic E-state index is 0.271. The molecule has 0 saturated carbocycles. The standard InChI is InChI=1S/C17H24N4/c1-14-5-3-4-6-16(14)21-15(7-9-19-21)11-20-10-8-17(2,12-18)13-20/h3-7,9H,8,10-13,18H2,1-2H3. The third kappa shape index (κ3) is 2.87. The van der Waals surface area contributed by atoms with E-state index in [0.29, 0.717) is 0 Å². The Kier molecular flexibility index (Phi) is 3.83. The number of rotatable bonds is 4. The minimum absolute atomic E-state index is 0.271. The summed E-state index contributed by atoms with van der Waals surface area (Å²) >= 11 is 0. The first-order valence-electron chi connectivity index (χ1n) is 7.63. The molecule has 2 aromatic rings. The van der Waals surface area contributed by atoms with E-state index in [4.69, 9.17) is 5.73 Å². The molecule has 0 radical (unpaired) electrons. The van der Waals surface area contributed by atoms with Crippen molar-refractivity contribution >= 4 is 0 Å². The summed E-state index contributed by atoms with van der Waals surface area (Å²) in [6, 6.07) is 10.5. The molecule has 1 unspecified atom stereocenters. The molecule has 0 amide bonds. The summed E-state index contributed by atoms with van der Waals surface area (Å²) < 4.78 is 2.06. The molecule has 112 valence electrons. The normalized spacial score (nSPS) is 22.8. The van der Waals surface area contributed by atoms with Gasteiger partial charge in [-0.2, -0.15) is 5.10 Å². The first-order chi connectivity index (χ1) is 10.1. The second kappa shape index (κ2) is 5.62. The molecule has 1 atom stereocenters. The molecule has 2 N–H and O–H groups in total. The predicted molar refractivity (Wildman–Crippen MR) is 85.4 cm³/mol. The van der Waals surface area contributed by atoms with Crippen LogP contribution in [0.3, 0.4) is 0 Å². The molecule has 21 heavy (non-hydrogen) atoms. The van der Waals surface area contributed by atoms with Crippen LogP contribution in [0.2, 0.25) is 0 Å². The zero-order chi connectivity index (χ0) is 14.9. The van der Waals surface area contributed by atoms with Gasteiger partial charge in [-0.3, -0.25) is 4.90 Å². The Balaban J connectivity index is 1.80. The Bertz CT molecular complexity index is 619. The largest absolute Gasteiger partial charge is 0.330 e. The lowest BCUT2D eigenvalue weighted by molar-refractivity contribution is 0.270. The Morgan fingerprint density at radius 1 is 1.29 bits per heavy atom. The topological polar surface area (TPSA) is 47.1 Å². The molecular weight excluding hydrogens is 260 g/mol. The lowest BCUT2D eigenvalue weighted by atomic mass is 9.90. The molecular formula is C17H24N4. The SMILES string of the molecule is Cc1ccccc1-n1nccc1CN1CCC(C)(CN)C1. The van der Waals surface area contributed by atoms with Gasteiger partial charge in [-0.05, 0) is 49.5 Å². The van der Waals surface area contributed by atoms with E-state index < -0.39 is 0 Å². The number of nitrogens with zero attached hydrogens (tertiary/aromatic N) is 3. The van der Waals surface area contributed by atoms with Crippen molar-refractivity contribution in [2.75, 3.05) is 19.6 Å². The highest BCUT2D eigenvalue weighted by Crippen LogP contribution is 2.29. The molecule has 1 aromatic heterocycles. The summed E-state index contributed by atoms with van der Waals surface area (Å²) in [5, 5.41) is 4.51. The first kappa shape index (κ1) is 14.3. The van der Waals surface area contributed by atoms with Crippen LogP contribution in [0.5, 0.6) is 0 Å². The highest BCUT2D eigenvalue weighted by molar-refractivity contribution is 5.40. The van der Waals surface area contributed by atoms with Crippen molar-refractivity contribution in [1.82, 2.24) is 14.7 Å². The van der Waals surface area contributed by atoms with Gasteiger partial charge in [0.25, 0.3) is 0 Å². The van der Waals surface area contributed by atoms with E-state index in [1.165, 1.54) is 23.4 Å². The molecule has 4 nitrogen and oxygen atoms in total. The van der Waals surface area contributed by atoms with Crippen molar-refractivity contribution in [2.24, 2.45) is 11.1 Å². The third-order valence-electron chi connectivity index (χ3n) is 4.58. The number of aromatic nitrogens is 2. The van der Waals surface area contributed by atoms with Crippen LogP contribution >= 0.6 is 0 Å². The average Bonchev–Trinajstić information content (AvgIpc) is 3.08. The minimum Gasteiger partial charge on any atom is -0.330 e. The summed E-state index contributed by atoms with van der Waals surface area (Å²) in [7, 11) is 0. The highest BCUT2D eigenvalue weighted by atomic mass is 15.3. The van der Waals surface area contributed by atoms with Gasteiger partial charge in [0.15, 0.2) is 0 Å². The van der Waals surface area contributed by atoms with E-state index in [9.17, 15) is 0 Å². The second-order valence-corrected chi connectivity index (χ2v) is 6.50. The Morgan fingerprint density at radius 3 is 2.81 bits per heavy atom. The van der Waals surface area contributed by atoms with E-state index in [-0.39, 0.29) is 5.41 Å². The maximum absolute atomic E-state index is 5.90. The molecule has 0 aliphatic carbocycles. The highest BCUT2D eigenvalue weighted by Gasteiger charge is 2.32. The molecule has 3 rings (SSSR count). The van der Waals surface area contributed by atoms with Gasteiger partial charge in [-0.25, -0.2) is 4.68 Å². The number of hydrogen-bond acceptors (Lipinski definition) is 3. The molecule has 0 spiro atoms. The number of hydrogen-bond donors (Lipinski definition) is 1. The van der Waals surface area contributed by atoms with Crippen molar-refractivity contribution in [3.63, 3.8) is 0 Å². The third-order valence-corrected chi connectivity index (χ3v) is 4.58. The molecule has 4 heteroatoms. The van der Waals surface area contributed by atoms with Gasteiger partial charge >= 0.3 is 0 Å². The molecule has 0 bridgehead atoms. The molecule has 1 aromatic carbocycles. The van der Waals surface area contributed by atoms with Gasteiger partial charge in [-0.1, -0.05) is 25.1 Å². The molecule has 1 saturated heterocycles. The molecule has 2 heterocycles. The van der Waals surface area contributed by atoms with Crippen LogP contribution in [0, 0.1) is 12.3 Å². The zero-order valence-electron chi connectivity index (χ0n) is 12.9. The van der Waals surface area contributed by atoms with Gasteiger partial charge < -0.3 is 5.73 Å². The predicted octanol–water partition coefficient (Wildman–Crippen LogP) is 2.35. The Morgan fingerprint density at radius 2 is 2.10 bits per heavy atom. The summed E-state index contributed by atoms with van der Waals surface area (Å²) in [6.45, 7) is 8.30. The summed E-state index contributed by atoms with van der Waals surface area (Å²) in [6.07, 6.45) is 3.07. The van der Waals surface area contributed by atoms with E-state index >= 15 is 0 Å². The van der Waals surface area contributed by atoms with Crippen LogP contribution in [0.25, 0.3) is 5.69 Å². The van der Waals surface area contributed by atoms with E-state index in [0.717, 1.165) is 26.2 Å². The fourth-order valence-corrected chi connectivity index (χ4v) is 3.13. The van der Waals surface area contributed by atoms with Gasteiger partial charge in [0, 0.05) is 19.3 Å². The molecule has 1 fully saturated rings. The van der Waals surface area contributed by atoms with Crippen molar-refractivity contribution in [2.45, 2.75) is 26.8 Å². The maximum atomic E-state index is 5.90. The number of nitrogens with two attached hydrogens (primary N) is 1. The van der Waals surface area contributed by atoms with Crippen molar-refractivity contribution in [3.05, 3.63) is 47.8 Å². The van der Waals surface area contributed by atoms with Crippen LogP contribution in [-0.2, 0) is 6.54 Å². The lowest BCUT2D eigenvalue weighted by Gasteiger charge is -2.22. The van der Waals surface area contributed by atoms with Crippen LogP contribution < -0.4 is 5.73 Å². The lowest BCUT2D eigenvalue weighted by Crippen LogP contribution is -2.31. The number of para-hydroxylation sites is 1. The van der Waals surface area contributed by atoms with Gasteiger partial charge in [0.1, 0.15) is 0 Å². The quantitative estimate of drug-likeness (QED) is 0.937. The van der Waals surface area contributed by atoms with E-state index in [2.05, 4.69) is 58.9 Å². The number of likely N-dealkylation sites (tertiary alicyclic amines) is 1. The van der Waals surface area contributed by atoms with Gasteiger partial charge in [0.2, 0.25) is 0 Å². The van der Waals surface area contributed by atoms with Crippen molar-refractivity contribution in [3.8, 4) is 5.69 Å². The maximum Gasteiger partial charge on any atom is 0.0678 e. The fraction of sp³-hybridized carbons (Fsp3) is 0.471. The first-order valence-corrected chi connectivity index (χ1v) is 7.63. The smallest absolute Gasteiger partial charge is 0.0678 e. The van der Waals surface area contributed by atoms with Crippen LogP contribution in [0.4, 0.5) is 0 Å². The fourth-order valence-electron chi connectivity index (χ4n) is 3.13. The molecule has 1 aliphatic heterocycles. The number of aryl methyl sites for hydroxylation is 1. The van der Waals surface area contributed by atoms with Gasteiger partial charge in [-0.15, -0.1) is 0 Å². The summed E-state index contributed by atoms with van der Waals surface area (Å²) in [4.78, 5) is 2.48. The van der Waals surface area contributed by atoms with E-state index in [1.54, 1.807) is 0 Å². The molecule has 1 aliphatic rings. The van der Waals surface area contributed by atoms with E-state index in [1.807, 2.05) is 6.20 Å². The summed E-state index contributed by atoms with van der Waals surface area (Å²) in [5.41, 5.74) is 9.82. The second-order valence-electron chi connectivity index (χ2n) is 6.50. The Hall–Kier alpha value is -1.65. The monoisotopic (exact) mass is 284 g/mol. The van der Waals surface area contributed by atoms with Crippen LogP contribution in [0.1, 0.15) is 24.6 Å². The zero-order valence-corrected chi connectivity index (χ0v) is 12.9.